The highest BCUT2D eigenvalue weighted by molar-refractivity contribution is 7.13. The number of fused-ring (bicyclic) bond motifs is 2. The van der Waals surface area contributed by atoms with Gasteiger partial charge in [-0.1, -0.05) is 26.0 Å². The molecule has 0 bridgehead atoms. The fourth-order valence-electron chi connectivity index (χ4n) is 4.98. The third kappa shape index (κ3) is 3.99. The smallest absolute Gasteiger partial charge is 0.225 e. The van der Waals surface area contributed by atoms with E-state index in [9.17, 15) is 9.18 Å². The molecule has 0 atom stereocenters. The van der Waals surface area contributed by atoms with Crippen molar-refractivity contribution in [2.45, 2.75) is 39.0 Å². The van der Waals surface area contributed by atoms with Crippen LogP contribution in [-0.2, 0) is 16.6 Å². The summed E-state index contributed by atoms with van der Waals surface area (Å²) >= 11 is 1.44. The SMILES string of the molecule is Cc1cc(CCN2CCN(c3nsc4ccc(F)cc34)CC2)cc2c1NC(=O)CC2(C)C. The molecule has 3 aromatic rings. The second kappa shape index (κ2) is 8.12. The summed E-state index contributed by atoms with van der Waals surface area (Å²) in [6.07, 6.45) is 1.52. The van der Waals surface area contributed by atoms with E-state index in [0.717, 1.165) is 66.3 Å². The number of aryl methyl sites for hydroxylation is 1. The van der Waals surface area contributed by atoms with Crippen molar-refractivity contribution in [3.63, 3.8) is 0 Å². The van der Waals surface area contributed by atoms with Crippen LogP contribution in [0.3, 0.4) is 0 Å². The van der Waals surface area contributed by atoms with Gasteiger partial charge >= 0.3 is 0 Å². The van der Waals surface area contributed by atoms with Gasteiger partial charge in [0.2, 0.25) is 5.91 Å². The molecule has 32 heavy (non-hydrogen) atoms. The zero-order valence-electron chi connectivity index (χ0n) is 18.9. The first-order valence-electron chi connectivity index (χ1n) is 11.3. The van der Waals surface area contributed by atoms with Gasteiger partial charge in [0, 0.05) is 55.6 Å². The number of rotatable bonds is 4. The first kappa shape index (κ1) is 21.3. The average Bonchev–Trinajstić information content (AvgIpc) is 3.16. The molecule has 7 heteroatoms. The van der Waals surface area contributed by atoms with E-state index in [2.05, 4.69) is 52.4 Å². The number of carbonyl (C=O) groups excluding carboxylic acids is 1. The van der Waals surface area contributed by atoms with Gasteiger partial charge < -0.3 is 10.2 Å². The minimum Gasteiger partial charge on any atom is -0.353 e. The second-order valence-electron chi connectivity index (χ2n) is 9.67. The first-order chi connectivity index (χ1) is 15.3. The van der Waals surface area contributed by atoms with Crippen molar-refractivity contribution >= 4 is 39.0 Å². The van der Waals surface area contributed by atoms with Gasteiger partial charge in [0.05, 0.1) is 4.70 Å². The van der Waals surface area contributed by atoms with Gasteiger partial charge in [-0.25, -0.2) is 4.39 Å². The molecule has 0 saturated carbocycles. The van der Waals surface area contributed by atoms with E-state index in [4.69, 9.17) is 0 Å². The van der Waals surface area contributed by atoms with Crippen molar-refractivity contribution in [3.8, 4) is 0 Å². The van der Waals surface area contributed by atoms with Crippen LogP contribution in [0.1, 0.15) is 37.0 Å². The quantitative estimate of drug-likeness (QED) is 0.622. The maximum absolute atomic E-state index is 13.7. The highest BCUT2D eigenvalue weighted by Crippen LogP contribution is 2.39. The van der Waals surface area contributed by atoms with Crippen molar-refractivity contribution in [2.24, 2.45) is 0 Å². The molecule has 1 amide bonds. The molecule has 1 N–H and O–H groups in total. The lowest BCUT2D eigenvalue weighted by Gasteiger charge is -2.35. The molecule has 2 aromatic carbocycles. The summed E-state index contributed by atoms with van der Waals surface area (Å²) in [5.74, 6) is 0.811. The largest absolute Gasteiger partial charge is 0.353 e. The lowest BCUT2D eigenvalue weighted by Crippen LogP contribution is -2.47. The Kier molecular flexibility index (Phi) is 5.42. The molecular weight excluding hydrogens is 423 g/mol. The summed E-state index contributed by atoms with van der Waals surface area (Å²) in [7, 11) is 0. The van der Waals surface area contributed by atoms with Gasteiger partial charge in [0.1, 0.15) is 11.6 Å². The van der Waals surface area contributed by atoms with Crippen LogP contribution in [0.25, 0.3) is 10.1 Å². The van der Waals surface area contributed by atoms with Crippen LogP contribution in [-0.4, -0.2) is 47.9 Å². The molecule has 168 valence electrons. The topological polar surface area (TPSA) is 48.5 Å². The van der Waals surface area contributed by atoms with Crippen molar-refractivity contribution in [3.05, 3.63) is 52.8 Å². The third-order valence-electron chi connectivity index (χ3n) is 6.79. The second-order valence-corrected chi connectivity index (χ2v) is 10.5. The fourth-order valence-corrected chi connectivity index (χ4v) is 5.76. The molecule has 1 aromatic heterocycles. The zero-order valence-corrected chi connectivity index (χ0v) is 19.7. The number of piperazine rings is 1. The molecule has 5 nitrogen and oxygen atoms in total. The molecule has 2 aliphatic rings. The van der Waals surface area contributed by atoms with Crippen LogP contribution in [0.5, 0.6) is 0 Å². The lowest BCUT2D eigenvalue weighted by atomic mass is 9.76. The Bertz CT molecular complexity index is 1180. The fraction of sp³-hybridized carbons (Fsp3) is 0.440. The number of amides is 1. The molecule has 0 unspecified atom stereocenters. The Morgan fingerprint density at radius 2 is 1.94 bits per heavy atom. The standard InChI is InChI=1S/C25H29FN4OS/c1-16-12-17(13-20-23(16)27-22(31)15-25(20,2)3)6-7-29-8-10-30(11-9-29)24-19-14-18(26)4-5-21(19)32-28-24/h4-5,12-14H,6-11,15H2,1-3H3,(H,27,31). The predicted octanol–water partition coefficient (Wildman–Crippen LogP) is 4.73. The van der Waals surface area contributed by atoms with E-state index in [-0.39, 0.29) is 17.1 Å². The van der Waals surface area contributed by atoms with E-state index >= 15 is 0 Å². The van der Waals surface area contributed by atoms with E-state index < -0.39 is 0 Å². The Morgan fingerprint density at radius 1 is 1.16 bits per heavy atom. The summed E-state index contributed by atoms with van der Waals surface area (Å²) in [4.78, 5) is 16.8. The van der Waals surface area contributed by atoms with Crippen molar-refractivity contribution in [1.82, 2.24) is 9.27 Å². The van der Waals surface area contributed by atoms with Gasteiger partial charge in [-0.15, -0.1) is 0 Å². The molecule has 5 rings (SSSR count). The van der Waals surface area contributed by atoms with E-state index in [0.29, 0.717) is 6.42 Å². The van der Waals surface area contributed by atoms with Crippen LogP contribution >= 0.6 is 11.5 Å². The molecule has 0 aliphatic carbocycles. The molecule has 0 spiro atoms. The minimum absolute atomic E-state index is 0.104. The minimum atomic E-state index is -0.208. The number of halogens is 1. The van der Waals surface area contributed by atoms with Gasteiger partial charge in [-0.05, 0) is 59.8 Å². The highest BCUT2D eigenvalue weighted by atomic mass is 32.1. The van der Waals surface area contributed by atoms with Gasteiger partial charge in [0.15, 0.2) is 0 Å². The van der Waals surface area contributed by atoms with Crippen LogP contribution < -0.4 is 10.2 Å². The number of carbonyl (C=O) groups is 1. The summed E-state index contributed by atoms with van der Waals surface area (Å²) in [5, 5.41) is 3.99. The van der Waals surface area contributed by atoms with Crippen molar-refractivity contribution < 1.29 is 9.18 Å². The number of hydrogen-bond acceptors (Lipinski definition) is 5. The van der Waals surface area contributed by atoms with E-state index in [1.54, 1.807) is 6.07 Å². The number of benzene rings is 2. The molecule has 2 aliphatic heterocycles. The van der Waals surface area contributed by atoms with Crippen LogP contribution in [0.4, 0.5) is 15.9 Å². The van der Waals surface area contributed by atoms with Gasteiger partial charge in [-0.3, -0.25) is 9.69 Å². The van der Waals surface area contributed by atoms with Crippen LogP contribution in [0, 0.1) is 12.7 Å². The molecular formula is C25H29FN4OS. The summed E-state index contributed by atoms with van der Waals surface area (Å²) in [6.45, 7) is 11.1. The lowest BCUT2D eigenvalue weighted by molar-refractivity contribution is -0.117. The normalized spacial score (nSPS) is 18.6. The van der Waals surface area contributed by atoms with E-state index in [1.165, 1.54) is 28.7 Å². The molecule has 1 saturated heterocycles. The van der Waals surface area contributed by atoms with Gasteiger partial charge in [-0.2, -0.15) is 4.37 Å². The molecule has 1 fully saturated rings. The Hall–Kier alpha value is -2.51. The third-order valence-corrected chi connectivity index (χ3v) is 7.61. The number of hydrogen-bond donors (Lipinski definition) is 1. The average molecular weight is 453 g/mol. The molecule has 0 radical (unpaired) electrons. The van der Waals surface area contributed by atoms with Gasteiger partial charge in [0.25, 0.3) is 0 Å². The van der Waals surface area contributed by atoms with Crippen molar-refractivity contribution in [2.75, 3.05) is 42.9 Å². The summed E-state index contributed by atoms with van der Waals surface area (Å²) in [5.41, 5.74) is 4.58. The first-order valence-corrected chi connectivity index (χ1v) is 12.0. The number of aromatic nitrogens is 1. The number of anilines is 2. The number of nitrogens with one attached hydrogen (secondary N) is 1. The van der Waals surface area contributed by atoms with Crippen molar-refractivity contribution in [1.29, 1.82) is 0 Å². The van der Waals surface area contributed by atoms with Crippen LogP contribution in [0.2, 0.25) is 0 Å². The highest BCUT2D eigenvalue weighted by Gasteiger charge is 2.33. The zero-order chi connectivity index (χ0) is 22.5. The predicted molar refractivity (Wildman–Crippen MR) is 129 cm³/mol. The van der Waals surface area contributed by atoms with E-state index in [1.807, 2.05) is 6.07 Å². The summed E-state index contributed by atoms with van der Waals surface area (Å²) < 4.78 is 19.3. The monoisotopic (exact) mass is 452 g/mol. The molecule has 3 heterocycles. The number of nitrogens with zero attached hydrogens (tertiary/aromatic N) is 3. The maximum Gasteiger partial charge on any atom is 0.225 e. The van der Waals surface area contributed by atoms with Crippen LogP contribution in [0.15, 0.2) is 30.3 Å². The summed E-state index contributed by atoms with van der Waals surface area (Å²) in [6, 6.07) is 9.42. The Morgan fingerprint density at radius 3 is 2.72 bits per heavy atom. The Balaban J connectivity index is 1.23. The maximum atomic E-state index is 13.7. The Labute approximate surface area is 192 Å².